The lowest BCUT2D eigenvalue weighted by Gasteiger charge is -2.09. The summed E-state index contributed by atoms with van der Waals surface area (Å²) in [7, 11) is 0. The average molecular weight is 463 g/mol. The van der Waals surface area contributed by atoms with Crippen LogP contribution < -0.4 is 10.1 Å². The molecule has 0 fully saturated rings. The van der Waals surface area contributed by atoms with Crippen LogP contribution in [0.15, 0.2) is 109 Å². The molecule has 34 heavy (non-hydrogen) atoms. The van der Waals surface area contributed by atoms with Crippen molar-refractivity contribution in [1.29, 1.82) is 0 Å². The zero-order chi connectivity index (χ0) is 23.3. The third-order valence-corrected chi connectivity index (χ3v) is 6.33. The van der Waals surface area contributed by atoms with Gasteiger partial charge in [0.15, 0.2) is 0 Å². The summed E-state index contributed by atoms with van der Waals surface area (Å²) >= 11 is 1.68. The van der Waals surface area contributed by atoms with Crippen molar-refractivity contribution in [3.8, 4) is 33.3 Å². The minimum absolute atomic E-state index is 0.192. The van der Waals surface area contributed by atoms with E-state index in [4.69, 9.17) is 9.72 Å². The standard InChI is InChI=1S/C29H22N2O2S/c1-20-27(31-29(34-20)22-9-4-2-5-10-22)21-15-17-24(18-16-21)30-28(32)23-11-8-14-26(19-23)33-25-12-6-3-7-13-25/h2-19H,1H3,(H,30,32). The molecule has 4 nitrogen and oxygen atoms in total. The number of amides is 1. The maximum absolute atomic E-state index is 12.8. The summed E-state index contributed by atoms with van der Waals surface area (Å²) in [6.45, 7) is 2.08. The van der Waals surface area contributed by atoms with Gasteiger partial charge in [-0.25, -0.2) is 4.98 Å². The topological polar surface area (TPSA) is 51.2 Å². The first-order valence-electron chi connectivity index (χ1n) is 10.9. The molecule has 1 heterocycles. The number of para-hydroxylation sites is 1. The van der Waals surface area contributed by atoms with Gasteiger partial charge in [-0.1, -0.05) is 66.7 Å². The second-order valence-electron chi connectivity index (χ2n) is 7.76. The Balaban J connectivity index is 1.29. The van der Waals surface area contributed by atoms with Gasteiger partial charge in [0.25, 0.3) is 5.91 Å². The molecule has 0 saturated heterocycles. The largest absolute Gasteiger partial charge is 0.457 e. The number of nitrogens with one attached hydrogen (secondary N) is 1. The van der Waals surface area contributed by atoms with Crippen LogP contribution in [0.25, 0.3) is 21.8 Å². The summed E-state index contributed by atoms with van der Waals surface area (Å²) in [6.07, 6.45) is 0. The van der Waals surface area contributed by atoms with Crippen LogP contribution in [-0.2, 0) is 0 Å². The zero-order valence-electron chi connectivity index (χ0n) is 18.6. The van der Waals surface area contributed by atoms with Crippen molar-refractivity contribution >= 4 is 22.9 Å². The number of thiazole rings is 1. The number of carbonyl (C=O) groups is 1. The average Bonchev–Trinajstić information content (AvgIpc) is 3.27. The van der Waals surface area contributed by atoms with E-state index in [0.717, 1.165) is 38.1 Å². The van der Waals surface area contributed by atoms with Gasteiger partial charge in [-0.05, 0) is 49.4 Å². The van der Waals surface area contributed by atoms with E-state index in [1.807, 2.05) is 84.9 Å². The molecule has 5 aromatic rings. The minimum Gasteiger partial charge on any atom is -0.457 e. The second kappa shape index (κ2) is 9.73. The number of ether oxygens (including phenoxy) is 1. The number of hydrogen-bond donors (Lipinski definition) is 1. The molecule has 0 unspecified atom stereocenters. The number of aromatic nitrogens is 1. The number of carbonyl (C=O) groups excluding carboxylic acids is 1. The van der Waals surface area contributed by atoms with Gasteiger partial charge in [0.2, 0.25) is 0 Å². The maximum Gasteiger partial charge on any atom is 0.255 e. The first-order chi connectivity index (χ1) is 16.7. The Hall–Kier alpha value is -4.22. The Bertz CT molecular complexity index is 1410. The fraction of sp³-hybridized carbons (Fsp3) is 0.0345. The zero-order valence-corrected chi connectivity index (χ0v) is 19.4. The molecule has 0 radical (unpaired) electrons. The third-order valence-electron chi connectivity index (χ3n) is 5.31. The Morgan fingerprint density at radius 3 is 2.18 bits per heavy atom. The Labute approximate surface area is 202 Å². The number of aryl methyl sites for hydroxylation is 1. The third kappa shape index (κ3) is 4.90. The van der Waals surface area contributed by atoms with Crippen molar-refractivity contribution in [2.75, 3.05) is 5.32 Å². The van der Waals surface area contributed by atoms with Gasteiger partial charge in [0, 0.05) is 27.3 Å². The number of anilines is 1. The van der Waals surface area contributed by atoms with E-state index in [1.165, 1.54) is 0 Å². The van der Waals surface area contributed by atoms with Crippen molar-refractivity contribution in [2.45, 2.75) is 6.92 Å². The van der Waals surface area contributed by atoms with Gasteiger partial charge in [-0.3, -0.25) is 4.79 Å². The molecule has 1 amide bonds. The molecule has 0 aliphatic carbocycles. The van der Waals surface area contributed by atoms with E-state index in [1.54, 1.807) is 23.5 Å². The van der Waals surface area contributed by atoms with E-state index in [0.29, 0.717) is 11.3 Å². The summed E-state index contributed by atoms with van der Waals surface area (Å²) in [5.74, 6) is 1.15. The van der Waals surface area contributed by atoms with Crippen LogP contribution >= 0.6 is 11.3 Å². The lowest BCUT2D eigenvalue weighted by atomic mass is 10.1. The molecular weight excluding hydrogens is 440 g/mol. The van der Waals surface area contributed by atoms with Crippen molar-refractivity contribution in [3.05, 3.63) is 120 Å². The lowest BCUT2D eigenvalue weighted by Crippen LogP contribution is -2.11. The summed E-state index contributed by atoms with van der Waals surface area (Å²) in [6, 6.07) is 34.6. The van der Waals surface area contributed by atoms with E-state index in [-0.39, 0.29) is 5.91 Å². The van der Waals surface area contributed by atoms with Crippen LogP contribution in [0.2, 0.25) is 0 Å². The van der Waals surface area contributed by atoms with Crippen LogP contribution in [0.5, 0.6) is 11.5 Å². The van der Waals surface area contributed by atoms with Gasteiger partial charge in [0.05, 0.1) is 5.69 Å². The highest BCUT2D eigenvalue weighted by Gasteiger charge is 2.12. The molecular formula is C29H22N2O2S. The van der Waals surface area contributed by atoms with E-state index in [2.05, 4.69) is 24.4 Å². The first kappa shape index (κ1) is 21.6. The summed E-state index contributed by atoms with van der Waals surface area (Å²) in [5, 5.41) is 3.96. The van der Waals surface area contributed by atoms with Crippen molar-refractivity contribution in [1.82, 2.24) is 4.98 Å². The minimum atomic E-state index is -0.192. The second-order valence-corrected chi connectivity index (χ2v) is 8.97. The van der Waals surface area contributed by atoms with Crippen molar-refractivity contribution in [3.63, 3.8) is 0 Å². The van der Waals surface area contributed by atoms with Crippen LogP contribution in [0.1, 0.15) is 15.2 Å². The fourth-order valence-electron chi connectivity index (χ4n) is 3.61. The normalized spacial score (nSPS) is 10.6. The molecule has 1 aromatic heterocycles. The summed E-state index contributed by atoms with van der Waals surface area (Å²) < 4.78 is 5.84. The van der Waals surface area contributed by atoms with Crippen LogP contribution in [0, 0.1) is 6.92 Å². The molecule has 4 aromatic carbocycles. The number of hydrogen-bond acceptors (Lipinski definition) is 4. The molecule has 0 saturated carbocycles. The molecule has 0 bridgehead atoms. The first-order valence-corrected chi connectivity index (χ1v) is 11.7. The highest BCUT2D eigenvalue weighted by atomic mass is 32.1. The molecule has 1 N–H and O–H groups in total. The van der Waals surface area contributed by atoms with E-state index >= 15 is 0 Å². The Morgan fingerprint density at radius 1 is 0.765 bits per heavy atom. The summed E-state index contributed by atoms with van der Waals surface area (Å²) in [4.78, 5) is 18.8. The molecule has 166 valence electrons. The number of rotatable bonds is 6. The van der Waals surface area contributed by atoms with E-state index in [9.17, 15) is 4.79 Å². The number of benzene rings is 4. The predicted molar refractivity (Wildman–Crippen MR) is 139 cm³/mol. The molecule has 0 aliphatic rings. The molecule has 0 atom stereocenters. The van der Waals surface area contributed by atoms with Crippen LogP contribution in [0.4, 0.5) is 5.69 Å². The van der Waals surface area contributed by atoms with Crippen LogP contribution in [0.3, 0.4) is 0 Å². The molecule has 0 aliphatic heterocycles. The predicted octanol–water partition coefficient (Wildman–Crippen LogP) is 7.83. The van der Waals surface area contributed by atoms with Gasteiger partial charge in [-0.2, -0.15) is 0 Å². The highest BCUT2D eigenvalue weighted by Crippen LogP contribution is 2.33. The fourth-order valence-corrected chi connectivity index (χ4v) is 4.55. The number of nitrogens with zero attached hydrogens (tertiary/aromatic N) is 1. The van der Waals surface area contributed by atoms with Gasteiger partial charge in [0.1, 0.15) is 16.5 Å². The maximum atomic E-state index is 12.8. The van der Waals surface area contributed by atoms with Gasteiger partial charge in [-0.15, -0.1) is 11.3 Å². The molecule has 0 spiro atoms. The Morgan fingerprint density at radius 2 is 1.44 bits per heavy atom. The molecule has 5 heteroatoms. The SMILES string of the molecule is Cc1sc(-c2ccccc2)nc1-c1ccc(NC(=O)c2cccc(Oc3ccccc3)c2)cc1. The summed E-state index contributed by atoms with van der Waals surface area (Å²) in [5.41, 5.74) is 4.35. The highest BCUT2D eigenvalue weighted by molar-refractivity contribution is 7.15. The van der Waals surface area contributed by atoms with Crippen molar-refractivity contribution < 1.29 is 9.53 Å². The lowest BCUT2D eigenvalue weighted by molar-refractivity contribution is 0.102. The van der Waals surface area contributed by atoms with Crippen LogP contribution in [-0.4, -0.2) is 10.9 Å². The Kier molecular flexibility index (Phi) is 6.19. The molecule has 5 rings (SSSR count). The van der Waals surface area contributed by atoms with Gasteiger partial charge >= 0.3 is 0 Å². The van der Waals surface area contributed by atoms with Crippen molar-refractivity contribution in [2.24, 2.45) is 0 Å². The van der Waals surface area contributed by atoms with E-state index < -0.39 is 0 Å². The smallest absolute Gasteiger partial charge is 0.255 e. The quantitative estimate of drug-likeness (QED) is 0.280. The monoisotopic (exact) mass is 462 g/mol. The van der Waals surface area contributed by atoms with Gasteiger partial charge < -0.3 is 10.1 Å².